The predicted octanol–water partition coefficient (Wildman–Crippen LogP) is -0.225. The highest BCUT2D eigenvalue weighted by atomic mass is 16.6. The number of carbonyl (C=O) groups is 1. The van der Waals surface area contributed by atoms with Gasteiger partial charge < -0.3 is 24.7 Å². The van der Waals surface area contributed by atoms with Crippen molar-refractivity contribution in [2.75, 3.05) is 13.1 Å². The summed E-state index contributed by atoms with van der Waals surface area (Å²) in [5.41, 5.74) is 0. The van der Waals surface area contributed by atoms with Crippen LogP contribution in [0.5, 0.6) is 0 Å². The number of nitro groups is 1. The number of imidazole rings is 1. The average molecular weight is 254 g/mol. The lowest BCUT2D eigenvalue weighted by Gasteiger charge is -2.15. The molecule has 98 valence electrons. The first-order chi connectivity index (χ1) is 8.56. The molecular formula is C10H14N4O4. The number of likely N-dealkylation sites (tertiary alicyclic amines) is 1. The Bertz CT molecular complexity index is 458. The predicted molar refractivity (Wildman–Crippen MR) is 60.7 cm³/mol. The SMILES string of the molecule is O=C(CCn1cnc([N+](=O)[O-])c1)N1CC[C@@H](O)C1. The molecule has 0 aliphatic carbocycles. The molecule has 1 atom stereocenters. The minimum Gasteiger partial charge on any atom is -0.391 e. The van der Waals surface area contributed by atoms with E-state index in [0.717, 1.165) is 0 Å². The molecule has 0 bridgehead atoms. The maximum Gasteiger partial charge on any atom is 0.381 e. The minimum absolute atomic E-state index is 0.0529. The number of aliphatic hydroxyl groups is 1. The quantitative estimate of drug-likeness (QED) is 0.591. The molecule has 1 aromatic rings. The van der Waals surface area contributed by atoms with Gasteiger partial charge in [-0.2, -0.15) is 0 Å². The first-order valence-corrected chi connectivity index (χ1v) is 5.68. The maximum absolute atomic E-state index is 11.8. The van der Waals surface area contributed by atoms with Crippen molar-refractivity contribution in [3.05, 3.63) is 22.6 Å². The molecule has 1 amide bonds. The van der Waals surface area contributed by atoms with E-state index in [1.165, 1.54) is 17.1 Å². The first kappa shape index (κ1) is 12.5. The second-order valence-electron chi connectivity index (χ2n) is 4.26. The summed E-state index contributed by atoms with van der Waals surface area (Å²) in [5, 5.41) is 19.7. The second-order valence-corrected chi connectivity index (χ2v) is 4.26. The van der Waals surface area contributed by atoms with E-state index in [0.29, 0.717) is 26.1 Å². The summed E-state index contributed by atoms with van der Waals surface area (Å²) < 4.78 is 1.52. The van der Waals surface area contributed by atoms with Crippen LogP contribution in [0.3, 0.4) is 0 Å². The topological polar surface area (TPSA) is 102 Å². The Morgan fingerprint density at radius 1 is 1.67 bits per heavy atom. The molecule has 1 N–H and O–H groups in total. The molecular weight excluding hydrogens is 240 g/mol. The van der Waals surface area contributed by atoms with Crippen molar-refractivity contribution in [1.82, 2.24) is 14.5 Å². The Hall–Kier alpha value is -1.96. The number of hydrogen-bond donors (Lipinski definition) is 1. The minimum atomic E-state index is -0.574. The van der Waals surface area contributed by atoms with Crippen LogP contribution in [-0.4, -0.2) is 49.6 Å². The standard InChI is InChI=1S/C10H14N4O4/c15-8-1-4-13(5-8)10(16)2-3-12-6-9(11-7-12)14(17)18/h6-8,15H,1-5H2/t8-/m1/s1. The van der Waals surface area contributed by atoms with Gasteiger partial charge in [0.1, 0.15) is 6.20 Å². The largest absolute Gasteiger partial charge is 0.391 e. The maximum atomic E-state index is 11.8. The summed E-state index contributed by atoms with van der Waals surface area (Å²) >= 11 is 0. The molecule has 8 nitrogen and oxygen atoms in total. The van der Waals surface area contributed by atoms with Crippen LogP contribution in [0.1, 0.15) is 12.8 Å². The number of nitrogens with zero attached hydrogens (tertiary/aromatic N) is 4. The van der Waals surface area contributed by atoms with Crippen LogP contribution in [0.25, 0.3) is 0 Å². The van der Waals surface area contributed by atoms with Crippen LogP contribution in [0.15, 0.2) is 12.5 Å². The van der Waals surface area contributed by atoms with Crippen LogP contribution < -0.4 is 0 Å². The summed E-state index contributed by atoms with van der Waals surface area (Å²) in [6, 6.07) is 0. The first-order valence-electron chi connectivity index (χ1n) is 5.68. The van der Waals surface area contributed by atoms with E-state index in [1.807, 2.05) is 0 Å². The van der Waals surface area contributed by atoms with E-state index >= 15 is 0 Å². The van der Waals surface area contributed by atoms with Crippen molar-refractivity contribution in [1.29, 1.82) is 0 Å². The summed E-state index contributed by atoms with van der Waals surface area (Å²) in [6.07, 6.45) is 3.07. The van der Waals surface area contributed by atoms with Gasteiger partial charge in [-0.15, -0.1) is 0 Å². The normalized spacial score (nSPS) is 19.2. The zero-order chi connectivity index (χ0) is 13.1. The number of aliphatic hydroxyl groups excluding tert-OH is 1. The monoisotopic (exact) mass is 254 g/mol. The van der Waals surface area contributed by atoms with Crippen molar-refractivity contribution < 1.29 is 14.8 Å². The van der Waals surface area contributed by atoms with Crippen LogP contribution >= 0.6 is 0 Å². The molecule has 0 unspecified atom stereocenters. The van der Waals surface area contributed by atoms with Crippen molar-refractivity contribution in [2.45, 2.75) is 25.5 Å². The summed E-state index contributed by atoms with van der Waals surface area (Å²) in [5.74, 6) is -0.276. The third-order valence-electron chi connectivity index (χ3n) is 2.91. The fourth-order valence-electron chi connectivity index (χ4n) is 1.92. The summed E-state index contributed by atoms with van der Waals surface area (Å²) in [4.78, 5) is 26.8. The molecule has 0 spiro atoms. The van der Waals surface area contributed by atoms with Crippen LogP contribution in [0, 0.1) is 10.1 Å². The third kappa shape index (κ3) is 2.83. The molecule has 18 heavy (non-hydrogen) atoms. The van der Waals surface area contributed by atoms with Gasteiger partial charge in [-0.05, 0) is 16.3 Å². The Labute approximate surface area is 103 Å². The van der Waals surface area contributed by atoms with Crippen molar-refractivity contribution in [3.63, 3.8) is 0 Å². The Morgan fingerprint density at radius 3 is 3.00 bits per heavy atom. The van der Waals surface area contributed by atoms with Gasteiger partial charge in [-0.1, -0.05) is 0 Å². The van der Waals surface area contributed by atoms with Crippen LogP contribution in [0.2, 0.25) is 0 Å². The van der Waals surface area contributed by atoms with Gasteiger partial charge in [-0.25, -0.2) is 0 Å². The molecule has 8 heteroatoms. The average Bonchev–Trinajstić information content (AvgIpc) is 2.94. The summed E-state index contributed by atoms with van der Waals surface area (Å²) in [6.45, 7) is 1.30. The molecule has 0 radical (unpaired) electrons. The fourth-order valence-corrected chi connectivity index (χ4v) is 1.92. The van der Waals surface area contributed by atoms with Gasteiger partial charge in [0.05, 0.1) is 6.10 Å². The summed E-state index contributed by atoms with van der Waals surface area (Å²) in [7, 11) is 0. The highest BCUT2D eigenvalue weighted by Crippen LogP contribution is 2.11. The second kappa shape index (κ2) is 5.13. The van der Waals surface area contributed by atoms with E-state index in [2.05, 4.69) is 4.98 Å². The molecule has 1 aliphatic rings. The van der Waals surface area contributed by atoms with Gasteiger partial charge in [-0.3, -0.25) is 4.79 Å². The Balaban J connectivity index is 1.83. The number of β-amino-alcohol motifs (C(OH)–C–C–N with tert-alkyl or cyclic N) is 1. The zero-order valence-corrected chi connectivity index (χ0v) is 9.73. The van der Waals surface area contributed by atoms with E-state index in [9.17, 15) is 20.0 Å². The molecule has 1 saturated heterocycles. The Kier molecular flexibility index (Phi) is 3.56. The lowest BCUT2D eigenvalue weighted by Crippen LogP contribution is -2.30. The molecule has 2 rings (SSSR count). The van der Waals surface area contributed by atoms with E-state index < -0.39 is 11.0 Å². The van der Waals surface area contributed by atoms with Gasteiger partial charge in [0.25, 0.3) is 0 Å². The third-order valence-corrected chi connectivity index (χ3v) is 2.91. The highest BCUT2D eigenvalue weighted by Gasteiger charge is 2.24. The molecule has 0 aromatic carbocycles. The van der Waals surface area contributed by atoms with Gasteiger partial charge in [0.2, 0.25) is 12.2 Å². The zero-order valence-electron chi connectivity index (χ0n) is 9.73. The molecule has 0 saturated carbocycles. The van der Waals surface area contributed by atoms with Crippen molar-refractivity contribution >= 4 is 11.7 Å². The number of amides is 1. The fraction of sp³-hybridized carbons (Fsp3) is 0.600. The smallest absolute Gasteiger partial charge is 0.381 e. The van der Waals surface area contributed by atoms with Gasteiger partial charge in [0.15, 0.2) is 0 Å². The van der Waals surface area contributed by atoms with E-state index in [4.69, 9.17) is 0 Å². The Morgan fingerprint density at radius 2 is 2.44 bits per heavy atom. The van der Waals surface area contributed by atoms with Crippen LogP contribution in [-0.2, 0) is 11.3 Å². The lowest BCUT2D eigenvalue weighted by molar-refractivity contribution is -0.389. The highest BCUT2D eigenvalue weighted by molar-refractivity contribution is 5.76. The number of rotatable bonds is 4. The number of aromatic nitrogens is 2. The number of hydrogen-bond acceptors (Lipinski definition) is 5. The van der Waals surface area contributed by atoms with E-state index in [-0.39, 0.29) is 18.1 Å². The molecule has 2 heterocycles. The van der Waals surface area contributed by atoms with Crippen molar-refractivity contribution in [3.8, 4) is 0 Å². The lowest BCUT2D eigenvalue weighted by atomic mass is 10.3. The number of carbonyl (C=O) groups excluding carboxylic acids is 1. The molecule has 1 aromatic heterocycles. The number of aryl methyl sites for hydroxylation is 1. The van der Waals surface area contributed by atoms with Gasteiger partial charge in [0, 0.05) is 26.1 Å². The van der Waals surface area contributed by atoms with Crippen molar-refractivity contribution in [2.24, 2.45) is 0 Å². The van der Waals surface area contributed by atoms with Gasteiger partial charge >= 0.3 is 5.82 Å². The van der Waals surface area contributed by atoms with E-state index in [1.54, 1.807) is 4.90 Å². The molecule has 1 fully saturated rings. The van der Waals surface area contributed by atoms with Crippen LogP contribution in [0.4, 0.5) is 5.82 Å². The molecule has 1 aliphatic heterocycles.